The highest BCUT2D eigenvalue weighted by atomic mass is 127. The van der Waals surface area contributed by atoms with Crippen LogP contribution in [0, 0.1) is 13.7 Å². The summed E-state index contributed by atoms with van der Waals surface area (Å²) in [6.07, 6.45) is 3.23. The quantitative estimate of drug-likeness (QED) is 0.489. The summed E-state index contributed by atoms with van der Waals surface area (Å²) in [5, 5.41) is 13.7. The molecule has 2 aliphatic heterocycles. The summed E-state index contributed by atoms with van der Waals surface area (Å²) >= 11 is 2.01. The van der Waals surface area contributed by atoms with E-state index in [2.05, 4.69) is 5.32 Å². The third-order valence-electron chi connectivity index (χ3n) is 3.83. The van der Waals surface area contributed by atoms with Gasteiger partial charge in [-0.05, 0) is 47.9 Å². The first-order valence-corrected chi connectivity index (χ1v) is 7.53. The van der Waals surface area contributed by atoms with E-state index in [-0.39, 0.29) is 29.8 Å². The lowest BCUT2D eigenvalue weighted by Gasteiger charge is -2.20. The fourth-order valence-corrected chi connectivity index (χ4v) is 3.42. The molecule has 1 N–H and O–H groups in total. The molecule has 2 saturated heterocycles. The van der Waals surface area contributed by atoms with E-state index in [9.17, 15) is 14.9 Å². The Morgan fingerprint density at radius 1 is 1.45 bits per heavy atom. The summed E-state index contributed by atoms with van der Waals surface area (Å²) in [6.45, 7) is 0. The number of hydrogen-bond acceptors (Lipinski definition) is 4. The maximum absolute atomic E-state index is 12.3. The molecule has 2 bridgehead atoms. The van der Waals surface area contributed by atoms with Gasteiger partial charge in [-0.15, -0.1) is 0 Å². The van der Waals surface area contributed by atoms with Crippen molar-refractivity contribution >= 4 is 34.2 Å². The van der Waals surface area contributed by atoms with Crippen molar-refractivity contribution in [1.82, 2.24) is 5.32 Å². The molecule has 6 nitrogen and oxygen atoms in total. The van der Waals surface area contributed by atoms with E-state index in [1.807, 2.05) is 22.6 Å². The second kappa shape index (κ2) is 5.28. The van der Waals surface area contributed by atoms with E-state index in [0.717, 1.165) is 19.3 Å². The Morgan fingerprint density at radius 2 is 2.25 bits per heavy atom. The van der Waals surface area contributed by atoms with Crippen LogP contribution in [0.5, 0.6) is 0 Å². The van der Waals surface area contributed by atoms with E-state index in [0.29, 0.717) is 9.13 Å². The predicted octanol–water partition coefficient (Wildman–Crippen LogP) is 2.25. The zero-order chi connectivity index (χ0) is 14.3. The molecule has 106 valence electrons. The minimum absolute atomic E-state index is 0.0244. The van der Waals surface area contributed by atoms with Gasteiger partial charge in [0.05, 0.1) is 28.7 Å². The number of amides is 1. The van der Waals surface area contributed by atoms with Crippen LogP contribution in [0.1, 0.15) is 29.6 Å². The van der Waals surface area contributed by atoms with E-state index in [1.165, 1.54) is 12.1 Å². The molecule has 1 amide bonds. The first kappa shape index (κ1) is 13.7. The normalized spacial score (nSPS) is 27.6. The van der Waals surface area contributed by atoms with Crippen molar-refractivity contribution in [2.75, 3.05) is 0 Å². The minimum atomic E-state index is -0.493. The van der Waals surface area contributed by atoms with Crippen LogP contribution in [0.15, 0.2) is 18.2 Å². The first-order chi connectivity index (χ1) is 9.54. The Balaban J connectivity index is 1.76. The van der Waals surface area contributed by atoms with Gasteiger partial charge in [-0.1, -0.05) is 0 Å². The average Bonchev–Trinajstić information content (AvgIpc) is 3.01. The summed E-state index contributed by atoms with van der Waals surface area (Å²) in [5.41, 5.74) is 0.280. The minimum Gasteiger partial charge on any atom is -0.373 e. The highest BCUT2D eigenvalue weighted by Gasteiger charge is 2.41. The number of benzene rings is 1. The Morgan fingerprint density at radius 3 is 2.85 bits per heavy atom. The second-order valence-corrected chi connectivity index (χ2v) is 6.27. The van der Waals surface area contributed by atoms with Crippen molar-refractivity contribution in [2.45, 2.75) is 37.5 Å². The van der Waals surface area contributed by atoms with Gasteiger partial charge in [-0.2, -0.15) is 0 Å². The van der Waals surface area contributed by atoms with Crippen molar-refractivity contribution in [3.05, 3.63) is 37.4 Å². The van der Waals surface area contributed by atoms with Crippen LogP contribution in [0.2, 0.25) is 0 Å². The van der Waals surface area contributed by atoms with E-state index >= 15 is 0 Å². The lowest BCUT2D eigenvalue weighted by Crippen LogP contribution is -2.41. The monoisotopic (exact) mass is 388 g/mol. The molecule has 1 aromatic rings. The SMILES string of the molecule is O=C(NC1CC2CCC1O2)c1cc([N+](=O)[O-])ccc1I. The molecule has 3 rings (SSSR count). The summed E-state index contributed by atoms with van der Waals surface area (Å²) in [5.74, 6) is -0.265. The van der Waals surface area contributed by atoms with Gasteiger partial charge in [-0.25, -0.2) is 0 Å². The van der Waals surface area contributed by atoms with E-state index < -0.39 is 4.92 Å². The Hall–Kier alpha value is -1.22. The van der Waals surface area contributed by atoms with E-state index in [1.54, 1.807) is 6.07 Å². The molecule has 0 aliphatic carbocycles. The number of ether oxygens (including phenoxy) is 1. The number of hydrogen-bond donors (Lipinski definition) is 1. The molecule has 0 aromatic heterocycles. The van der Waals surface area contributed by atoms with Gasteiger partial charge in [0.1, 0.15) is 0 Å². The number of nitro benzene ring substituents is 1. The largest absolute Gasteiger partial charge is 0.373 e. The van der Waals surface area contributed by atoms with Crippen LogP contribution in [0.3, 0.4) is 0 Å². The van der Waals surface area contributed by atoms with Crippen molar-refractivity contribution in [3.8, 4) is 0 Å². The van der Waals surface area contributed by atoms with Gasteiger partial charge >= 0.3 is 0 Å². The second-order valence-electron chi connectivity index (χ2n) is 5.11. The number of fused-ring (bicyclic) bond motifs is 2. The molecule has 0 saturated carbocycles. The molecule has 3 atom stereocenters. The lowest BCUT2D eigenvalue weighted by molar-refractivity contribution is -0.384. The van der Waals surface area contributed by atoms with Gasteiger partial charge in [0.15, 0.2) is 0 Å². The number of carbonyl (C=O) groups is 1. The maximum Gasteiger partial charge on any atom is 0.270 e. The zero-order valence-electron chi connectivity index (χ0n) is 10.5. The fourth-order valence-electron chi connectivity index (χ4n) is 2.84. The van der Waals surface area contributed by atoms with Crippen molar-refractivity contribution in [3.63, 3.8) is 0 Å². The number of carbonyl (C=O) groups excluding carboxylic acids is 1. The molecule has 1 aromatic carbocycles. The summed E-state index contributed by atoms with van der Waals surface area (Å²) in [6, 6.07) is 4.34. The average molecular weight is 388 g/mol. The molecule has 3 unspecified atom stereocenters. The van der Waals surface area contributed by atoms with Crippen molar-refractivity contribution in [2.24, 2.45) is 0 Å². The molecule has 2 heterocycles. The van der Waals surface area contributed by atoms with Crippen molar-refractivity contribution < 1.29 is 14.5 Å². The fraction of sp³-hybridized carbons (Fsp3) is 0.462. The van der Waals surface area contributed by atoms with Crippen LogP contribution in [0.4, 0.5) is 5.69 Å². The van der Waals surface area contributed by atoms with Gasteiger partial charge < -0.3 is 10.1 Å². The van der Waals surface area contributed by atoms with Gasteiger partial charge in [0.2, 0.25) is 0 Å². The van der Waals surface area contributed by atoms with Crippen LogP contribution in [-0.4, -0.2) is 29.1 Å². The van der Waals surface area contributed by atoms with Crippen LogP contribution >= 0.6 is 22.6 Å². The summed E-state index contributed by atoms with van der Waals surface area (Å²) < 4.78 is 6.39. The predicted molar refractivity (Wildman–Crippen MR) is 79.6 cm³/mol. The third kappa shape index (κ3) is 2.51. The van der Waals surface area contributed by atoms with Crippen LogP contribution in [0.25, 0.3) is 0 Å². The highest BCUT2D eigenvalue weighted by molar-refractivity contribution is 14.1. The molecule has 2 fully saturated rings. The number of nitro groups is 1. The number of nitrogens with one attached hydrogen (secondary N) is 1. The molecule has 0 spiro atoms. The van der Waals surface area contributed by atoms with Gasteiger partial charge in [0, 0.05) is 15.7 Å². The molecular formula is C13H13IN2O4. The number of halogens is 1. The molecule has 2 aliphatic rings. The zero-order valence-corrected chi connectivity index (χ0v) is 12.7. The lowest BCUT2D eigenvalue weighted by atomic mass is 9.95. The molecule has 20 heavy (non-hydrogen) atoms. The Kier molecular flexibility index (Phi) is 3.63. The maximum atomic E-state index is 12.3. The standard InChI is InChI=1S/C13H13IN2O4/c14-10-3-1-7(16(18)19)5-9(10)13(17)15-11-6-8-2-4-12(11)20-8/h1,3,5,8,11-12H,2,4,6H2,(H,15,17). The Bertz CT molecular complexity index is 577. The van der Waals surface area contributed by atoms with Crippen molar-refractivity contribution in [1.29, 1.82) is 0 Å². The number of non-ortho nitro benzene ring substituents is 1. The highest BCUT2D eigenvalue weighted by Crippen LogP contribution is 2.34. The molecule has 0 radical (unpaired) electrons. The van der Waals surface area contributed by atoms with Gasteiger partial charge in [0.25, 0.3) is 11.6 Å². The molecule has 7 heteroatoms. The Labute approximate surface area is 129 Å². The third-order valence-corrected chi connectivity index (χ3v) is 4.77. The first-order valence-electron chi connectivity index (χ1n) is 6.45. The number of nitrogens with zero attached hydrogens (tertiary/aromatic N) is 1. The molecular weight excluding hydrogens is 375 g/mol. The topological polar surface area (TPSA) is 81.5 Å². The van der Waals surface area contributed by atoms with Gasteiger partial charge in [-0.3, -0.25) is 14.9 Å². The van der Waals surface area contributed by atoms with Crippen LogP contribution in [-0.2, 0) is 4.74 Å². The van der Waals surface area contributed by atoms with E-state index in [4.69, 9.17) is 4.74 Å². The summed E-state index contributed by atoms with van der Waals surface area (Å²) in [4.78, 5) is 22.6. The van der Waals surface area contributed by atoms with Crippen LogP contribution < -0.4 is 5.32 Å². The number of rotatable bonds is 3. The summed E-state index contributed by atoms with van der Waals surface area (Å²) in [7, 11) is 0. The smallest absolute Gasteiger partial charge is 0.270 e.